The summed E-state index contributed by atoms with van der Waals surface area (Å²) in [5, 5.41) is 2.56. The van der Waals surface area contributed by atoms with Crippen LogP contribution in [0.4, 0.5) is 5.69 Å². The van der Waals surface area contributed by atoms with E-state index in [2.05, 4.69) is 20.9 Å². The van der Waals surface area contributed by atoms with E-state index in [0.29, 0.717) is 16.6 Å². The van der Waals surface area contributed by atoms with Gasteiger partial charge in [-0.2, -0.15) is 0 Å². The average Bonchev–Trinajstić information content (AvgIpc) is 2.59. The van der Waals surface area contributed by atoms with E-state index in [-0.39, 0.29) is 0 Å². The minimum atomic E-state index is 0.624. The summed E-state index contributed by atoms with van der Waals surface area (Å²) in [7, 11) is 0. The van der Waals surface area contributed by atoms with E-state index in [1.807, 2.05) is 30.5 Å². The summed E-state index contributed by atoms with van der Waals surface area (Å²) >= 11 is 4.84. The number of aromatic nitrogens is 1. The van der Waals surface area contributed by atoms with Crippen molar-refractivity contribution in [2.45, 2.75) is 6.92 Å². The van der Waals surface area contributed by atoms with Crippen molar-refractivity contribution in [1.29, 1.82) is 0 Å². The summed E-state index contributed by atoms with van der Waals surface area (Å²) < 4.78 is 6.35. The zero-order valence-electron chi connectivity index (χ0n) is 8.03. The molecule has 2 rings (SSSR count). The summed E-state index contributed by atoms with van der Waals surface area (Å²) in [6.45, 7) is 1.93. The van der Waals surface area contributed by atoms with Gasteiger partial charge in [-0.1, -0.05) is 17.4 Å². The fraction of sp³-hybridized carbons (Fsp3) is 0.100. The third-order valence-electron chi connectivity index (χ3n) is 1.79. The van der Waals surface area contributed by atoms with Crippen molar-refractivity contribution < 1.29 is 4.74 Å². The number of hydrogen-bond acceptors (Lipinski definition) is 4. The Kier molecular flexibility index (Phi) is 2.93. The van der Waals surface area contributed by atoms with E-state index < -0.39 is 0 Å². The van der Waals surface area contributed by atoms with Crippen molar-refractivity contribution in [1.82, 2.24) is 4.98 Å². The average molecular weight is 285 g/mol. The number of benzene rings is 1. The number of nitrogen functional groups attached to an aromatic ring is 1. The smallest absolute Gasteiger partial charge is 0.278 e. The van der Waals surface area contributed by atoms with Crippen molar-refractivity contribution in [3.63, 3.8) is 0 Å². The Morgan fingerprint density at radius 2 is 2.27 bits per heavy atom. The van der Waals surface area contributed by atoms with Gasteiger partial charge in [-0.3, -0.25) is 0 Å². The molecule has 0 spiro atoms. The Morgan fingerprint density at radius 1 is 1.47 bits per heavy atom. The van der Waals surface area contributed by atoms with E-state index in [0.717, 1.165) is 10.2 Å². The second kappa shape index (κ2) is 4.20. The molecule has 0 aliphatic heterocycles. The zero-order chi connectivity index (χ0) is 10.8. The number of ether oxygens (including phenoxy) is 1. The first-order valence-electron chi connectivity index (χ1n) is 4.31. The molecule has 2 aromatic rings. The zero-order valence-corrected chi connectivity index (χ0v) is 10.4. The van der Waals surface area contributed by atoms with Crippen LogP contribution in [0.3, 0.4) is 0 Å². The third kappa shape index (κ3) is 2.30. The van der Waals surface area contributed by atoms with Gasteiger partial charge in [-0.15, -0.1) is 0 Å². The highest BCUT2D eigenvalue weighted by molar-refractivity contribution is 9.10. The number of nitrogens with zero attached hydrogens (tertiary/aromatic N) is 1. The number of thiazole rings is 1. The highest BCUT2D eigenvalue weighted by Gasteiger charge is 2.07. The molecule has 3 nitrogen and oxygen atoms in total. The van der Waals surface area contributed by atoms with Crippen LogP contribution in [0.25, 0.3) is 0 Å². The molecule has 78 valence electrons. The van der Waals surface area contributed by atoms with Crippen molar-refractivity contribution in [2.24, 2.45) is 0 Å². The van der Waals surface area contributed by atoms with Crippen LogP contribution in [0.5, 0.6) is 10.9 Å². The van der Waals surface area contributed by atoms with Gasteiger partial charge in [0, 0.05) is 11.1 Å². The van der Waals surface area contributed by atoms with Crippen LogP contribution in [0, 0.1) is 6.92 Å². The predicted octanol–water partition coefficient (Wildman–Crippen LogP) is 3.59. The van der Waals surface area contributed by atoms with Crippen LogP contribution >= 0.6 is 27.3 Å². The Morgan fingerprint density at radius 3 is 2.93 bits per heavy atom. The van der Waals surface area contributed by atoms with Crippen LogP contribution in [-0.2, 0) is 0 Å². The largest absolute Gasteiger partial charge is 0.430 e. The standard InChI is InChI=1S/C10H9BrN2OS/c1-6-5-15-10(13-6)14-8-4-2-3-7(12)9(8)11/h2-5H,12H2,1H3. The molecular weight excluding hydrogens is 276 g/mol. The maximum Gasteiger partial charge on any atom is 0.278 e. The minimum absolute atomic E-state index is 0.624. The van der Waals surface area contributed by atoms with Crippen LogP contribution in [0.15, 0.2) is 28.1 Å². The molecule has 0 aliphatic carbocycles. The molecule has 0 fully saturated rings. The van der Waals surface area contributed by atoms with Gasteiger partial charge in [0.25, 0.3) is 5.19 Å². The van der Waals surface area contributed by atoms with Gasteiger partial charge in [-0.05, 0) is 35.0 Å². The van der Waals surface area contributed by atoms with Crippen molar-refractivity contribution in [3.8, 4) is 10.9 Å². The first-order chi connectivity index (χ1) is 7.16. The maximum absolute atomic E-state index is 5.74. The van der Waals surface area contributed by atoms with Gasteiger partial charge in [-0.25, -0.2) is 4.98 Å². The Hall–Kier alpha value is -1.07. The summed E-state index contributed by atoms with van der Waals surface area (Å²) in [6, 6.07) is 5.50. The molecule has 15 heavy (non-hydrogen) atoms. The fourth-order valence-electron chi connectivity index (χ4n) is 1.08. The van der Waals surface area contributed by atoms with Crippen molar-refractivity contribution in [3.05, 3.63) is 33.7 Å². The lowest BCUT2D eigenvalue weighted by Crippen LogP contribution is -1.90. The van der Waals surface area contributed by atoms with Gasteiger partial charge in [0.1, 0.15) is 5.75 Å². The van der Waals surface area contributed by atoms with Crippen molar-refractivity contribution in [2.75, 3.05) is 5.73 Å². The number of rotatable bonds is 2. The highest BCUT2D eigenvalue weighted by atomic mass is 79.9. The minimum Gasteiger partial charge on any atom is -0.430 e. The van der Waals surface area contributed by atoms with Gasteiger partial charge < -0.3 is 10.5 Å². The first kappa shape index (κ1) is 10.4. The molecular formula is C10H9BrN2OS. The lowest BCUT2D eigenvalue weighted by atomic mass is 10.3. The summed E-state index contributed by atoms with van der Waals surface area (Å²) in [5.41, 5.74) is 7.34. The normalized spacial score (nSPS) is 10.3. The monoisotopic (exact) mass is 284 g/mol. The summed E-state index contributed by atoms with van der Waals surface area (Å²) in [5.74, 6) is 0.685. The van der Waals surface area contributed by atoms with E-state index in [1.165, 1.54) is 11.3 Å². The van der Waals surface area contributed by atoms with Gasteiger partial charge in [0.2, 0.25) is 0 Å². The highest BCUT2D eigenvalue weighted by Crippen LogP contribution is 2.34. The molecule has 1 heterocycles. The van der Waals surface area contributed by atoms with Crippen LogP contribution < -0.4 is 10.5 Å². The summed E-state index contributed by atoms with van der Waals surface area (Å²) in [6.07, 6.45) is 0. The van der Waals surface area contributed by atoms with Gasteiger partial charge >= 0.3 is 0 Å². The third-order valence-corrected chi connectivity index (χ3v) is 3.47. The van der Waals surface area contributed by atoms with Crippen molar-refractivity contribution >= 4 is 33.0 Å². The molecule has 1 aromatic heterocycles. The lowest BCUT2D eigenvalue weighted by molar-refractivity contribution is 0.475. The van der Waals surface area contributed by atoms with E-state index in [1.54, 1.807) is 0 Å². The molecule has 1 aromatic carbocycles. The Bertz CT molecular complexity index is 484. The van der Waals surface area contributed by atoms with Gasteiger partial charge in [0.05, 0.1) is 10.2 Å². The number of hydrogen-bond donors (Lipinski definition) is 1. The molecule has 2 N–H and O–H groups in total. The summed E-state index contributed by atoms with van der Waals surface area (Å²) in [4.78, 5) is 4.21. The molecule has 0 unspecified atom stereocenters. The number of halogens is 1. The van der Waals surface area contributed by atoms with Gasteiger partial charge in [0.15, 0.2) is 0 Å². The SMILES string of the molecule is Cc1csc(Oc2cccc(N)c2Br)n1. The van der Waals surface area contributed by atoms with E-state index in [4.69, 9.17) is 10.5 Å². The first-order valence-corrected chi connectivity index (χ1v) is 5.98. The molecule has 0 saturated heterocycles. The molecule has 0 aliphatic rings. The molecule has 0 radical (unpaired) electrons. The molecule has 0 bridgehead atoms. The van der Waals surface area contributed by atoms with E-state index >= 15 is 0 Å². The number of nitrogens with two attached hydrogens (primary N) is 1. The quantitative estimate of drug-likeness (QED) is 0.858. The molecule has 0 saturated carbocycles. The van der Waals surface area contributed by atoms with Crippen LogP contribution in [-0.4, -0.2) is 4.98 Å². The Balaban J connectivity index is 2.28. The number of anilines is 1. The fourth-order valence-corrected chi connectivity index (χ4v) is 2.08. The van der Waals surface area contributed by atoms with Crippen LogP contribution in [0.1, 0.15) is 5.69 Å². The van der Waals surface area contributed by atoms with Crippen LogP contribution in [0.2, 0.25) is 0 Å². The number of aryl methyl sites for hydroxylation is 1. The van der Waals surface area contributed by atoms with E-state index in [9.17, 15) is 0 Å². The Labute approximate surface area is 100 Å². The molecule has 0 atom stereocenters. The topological polar surface area (TPSA) is 48.1 Å². The molecule has 0 amide bonds. The maximum atomic E-state index is 5.74. The second-order valence-corrected chi connectivity index (χ2v) is 4.63. The predicted molar refractivity (Wildman–Crippen MR) is 65.5 cm³/mol. The lowest BCUT2D eigenvalue weighted by Gasteiger charge is -2.05. The second-order valence-electron chi connectivity index (χ2n) is 3.02. The molecule has 5 heteroatoms.